The Morgan fingerprint density at radius 1 is 0.319 bits per heavy atom. The molecular formula is C66H112N2Ni. The van der Waals surface area contributed by atoms with E-state index in [4.69, 9.17) is 9.98 Å². The first-order valence-corrected chi connectivity index (χ1v) is 30.5. The number of unbranched alkanes of at least 4 members (excludes halogenated alkanes) is 39. The van der Waals surface area contributed by atoms with Gasteiger partial charge >= 0.3 is 0 Å². The van der Waals surface area contributed by atoms with Crippen molar-refractivity contribution >= 4 is 22.8 Å². The Labute approximate surface area is 441 Å². The van der Waals surface area contributed by atoms with Gasteiger partial charge in [0.05, 0.1) is 17.1 Å². The molecule has 0 radical (unpaired) electrons. The van der Waals surface area contributed by atoms with E-state index < -0.39 is 0 Å². The van der Waals surface area contributed by atoms with E-state index in [1.165, 1.54) is 281 Å². The Kier molecular flexibility index (Phi) is 47.7. The van der Waals surface area contributed by atoms with Crippen LogP contribution in [-0.2, 0) is 29.3 Å². The smallest absolute Gasteiger partial charge is 0.135 e. The van der Waals surface area contributed by atoms with Crippen molar-refractivity contribution in [2.45, 2.75) is 323 Å². The van der Waals surface area contributed by atoms with Crippen LogP contribution in [0.1, 0.15) is 321 Å². The molecule has 0 saturated heterocycles. The van der Waals surface area contributed by atoms with E-state index in [0.29, 0.717) is 0 Å². The van der Waals surface area contributed by atoms with E-state index in [0.717, 1.165) is 48.5 Å². The molecule has 0 heterocycles. The fraction of sp³-hybridized carbons (Fsp3) is 0.758. The van der Waals surface area contributed by atoms with Gasteiger partial charge in [0.2, 0.25) is 0 Å². The van der Waals surface area contributed by atoms with E-state index in [2.05, 4.69) is 88.1 Å². The fourth-order valence-corrected chi connectivity index (χ4v) is 9.76. The molecule has 2 aromatic rings. The Bertz CT molecular complexity index is 1490. The van der Waals surface area contributed by atoms with Crippen molar-refractivity contribution in [1.29, 1.82) is 0 Å². The van der Waals surface area contributed by atoms with Crippen molar-refractivity contribution in [3.05, 3.63) is 59.7 Å². The predicted molar refractivity (Wildman–Crippen MR) is 308 cm³/mol. The molecule has 2 aromatic carbocycles. The first-order valence-electron chi connectivity index (χ1n) is 30.5. The van der Waals surface area contributed by atoms with Gasteiger partial charge in [0.1, 0.15) is 5.71 Å². The first kappa shape index (κ1) is 64.8. The van der Waals surface area contributed by atoms with Crippen LogP contribution >= 0.6 is 0 Å². The SMILES string of the molecule is CCCCCCCCC#CC(=N\c1ccc(CCCCCCCCCCCCCCCCC)cc1)/C(CCCCCCCC)=N/c1ccc(CCCCCCCCCCCCCCCCC)cc1.[Ni]. The van der Waals surface area contributed by atoms with Crippen molar-refractivity contribution in [2.24, 2.45) is 9.98 Å². The van der Waals surface area contributed by atoms with Crippen molar-refractivity contribution in [3.63, 3.8) is 0 Å². The maximum atomic E-state index is 5.36. The van der Waals surface area contributed by atoms with Crippen LogP contribution in [0.15, 0.2) is 58.5 Å². The van der Waals surface area contributed by atoms with Crippen molar-refractivity contribution in [1.82, 2.24) is 0 Å². The maximum Gasteiger partial charge on any atom is 0.135 e. The minimum atomic E-state index is 0. The van der Waals surface area contributed by atoms with E-state index >= 15 is 0 Å². The molecule has 0 aliphatic heterocycles. The molecule has 0 amide bonds. The third-order valence-corrected chi connectivity index (χ3v) is 14.4. The van der Waals surface area contributed by atoms with Gasteiger partial charge in [-0.3, -0.25) is 4.99 Å². The van der Waals surface area contributed by atoms with Gasteiger partial charge in [-0.05, 0) is 86.3 Å². The van der Waals surface area contributed by atoms with Gasteiger partial charge < -0.3 is 0 Å². The molecule has 0 aliphatic rings. The molecule has 0 aliphatic carbocycles. The minimum Gasteiger partial charge on any atom is -0.251 e. The van der Waals surface area contributed by atoms with Crippen LogP contribution in [-0.4, -0.2) is 11.4 Å². The van der Waals surface area contributed by atoms with Gasteiger partial charge in [0.15, 0.2) is 0 Å². The minimum absolute atomic E-state index is 0. The summed E-state index contributed by atoms with van der Waals surface area (Å²) in [7, 11) is 0. The summed E-state index contributed by atoms with van der Waals surface area (Å²) in [5.41, 5.74) is 6.85. The molecule has 0 saturated carbocycles. The normalized spacial score (nSPS) is 11.8. The van der Waals surface area contributed by atoms with Crippen LogP contribution in [0.5, 0.6) is 0 Å². The maximum absolute atomic E-state index is 5.36. The first-order chi connectivity index (χ1) is 33.7. The van der Waals surface area contributed by atoms with Crippen LogP contribution in [0.4, 0.5) is 11.4 Å². The van der Waals surface area contributed by atoms with Gasteiger partial charge in [0, 0.05) is 22.9 Å². The summed E-state index contributed by atoms with van der Waals surface area (Å²) in [6.07, 6.45) is 61.9. The molecule has 0 N–H and O–H groups in total. The third kappa shape index (κ3) is 40.1. The summed E-state index contributed by atoms with van der Waals surface area (Å²) in [6.45, 7) is 9.21. The summed E-state index contributed by atoms with van der Waals surface area (Å²) in [6, 6.07) is 18.2. The zero-order chi connectivity index (χ0) is 48.5. The van der Waals surface area contributed by atoms with Crippen molar-refractivity contribution in [2.75, 3.05) is 0 Å². The molecule has 0 unspecified atom stereocenters. The van der Waals surface area contributed by atoms with Gasteiger partial charge in [0.25, 0.3) is 0 Å². The summed E-state index contributed by atoms with van der Waals surface area (Å²) in [5, 5.41) is 0. The number of benzene rings is 2. The summed E-state index contributed by atoms with van der Waals surface area (Å²) in [5.74, 6) is 7.18. The average molecular weight is 992 g/mol. The van der Waals surface area contributed by atoms with Crippen LogP contribution < -0.4 is 0 Å². The number of aliphatic imine (C=N–C) groups is 2. The molecular weight excluding hydrogens is 879 g/mol. The van der Waals surface area contributed by atoms with E-state index in [9.17, 15) is 0 Å². The molecule has 0 fully saturated rings. The molecule has 396 valence electrons. The molecule has 0 atom stereocenters. The second-order valence-electron chi connectivity index (χ2n) is 21.1. The van der Waals surface area contributed by atoms with Crippen LogP contribution in [0.2, 0.25) is 0 Å². The zero-order valence-corrected chi connectivity index (χ0v) is 47.3. The molecule has 2 rings (SSSR count). The Morgan fingerprint density at radius 3 is 0.928 bits per heavy atom. The molecule has 0 bridgehead atoms. The number of hydrogen-bond acceptors (Lipinski definition) is 2. The fourth-order valence-electron chi connectivity index (χ4n) is 9.76. The van der Waals surface area contributed by atoms with E-state index in [1.54, 1.807) is 0 Å². The molecule has 69 heavy (non-hydrogen) atoms. The monoisotopic (exact) mass is 991 g/mol. The summed E-state index contributed by atoms with van der Waals surface area (Å²) >= 11 is 0. The van der Waals surface area contributed by atoms with E-state index in [1.807, 2.05) is 0 Å². The zero-order valence-electron chi connectivity index (χ0n) is 46.4. The number of hydrogen-bond donors (Lipinski definition) is 0. The molecule has 2 nitrogen and oxygen atoms in total. The Balaban J connectivity index is 0.0000238. The van der Waals surface area contributed by atoms with Gasteiger partial charge in [-0.2, -0.15) is 0 Å². The van der Waals surface area contributed by atoms with Gasteiger partial charge in [-0.1, -0.05) is 302 Å². The number of nitrogens with zero attached hydrogens (tertiary/aromatic N) is 2. The largest absolute Gasteiger partial charge is 0.251 e. The van der Waals surface area contributed by atoms with Gasteiger partial charge in [-0.25, -0.2) is 4.99 Å². The molecule has 0 aromatic heterocycles. The van der Waals surface area contributed by atoms with Crippen molar-refractivity contribution < 1.29 is 16.5 Å². The topological polar surface area (TPSA) is 24.7 Å². The number of aryl methyl sites for hydroxylation is 2. The predicted octanol–water partition coefficient (Wildman–Crippen LogP) is 22.9. The van der Waals surface area contributed by atoms with Crippen molar-refractivity contribution in [3.8, 4) is 11.8 Å². The second-order valence-corrected chi connectivity index (χ2v) is 21.1. The standard InChI is InChI=1S/C66H112N2.Ni/c1-5-9-13-17-21-24-26-28-30-32-34-36-38-41-45-49-61-53-57-63(58-54-61)67-65(51-47-43-20-16-12-8-4)66(52-48-44-40-23-19-15-11-7-3)68-64-59-55-62(56-60-64)50-46-42-39-37-35-33-31-29-27-25-22-18-14-10-6-2;/h53-60H,5-47,49-51H2,1-4H3;/b67-65+,68-66+;. The summed E-state index contributed by atoms with van der Waals surface area (Å²) in [4.78, 5) is 10.7. The van der Waals surface area contributed by atoms with Crippen LogP contribution in [0.25, 0.3) is 0 Å². The second kappa shape index (κ2) is 50.8. The Hall–Kier alpha value is -2.17. The molecule has 0 spiro atoms. The van der Waals surface area contributed by atoms with Crippen LogP contribution in [0, 0.1) is 11.8 Å². The van der Waals surface area contributed by atoms with Crippen LogP contribution in [0.3, 0.4) is 0 Å². The number of rotatable bonds is 48. The van der Waals surface area contributed by atoms with Gasteiger partial charge in [-0.15, -0.1) is 0 Å². The third-order valence-electron chi connectivity index (χ3n) is 14.4. The quantitative estimate of drug-likeness (QED) is 0.0273. The summed E-state index contributed by atoms with van der Waals surface area (Å²) < 4.78 is 0. The van der Waals surface area contributed by atoms with E-state index in [-0.39, 0.29) is 16.5 Å². The molecule has 3 heteroatoms. The Morgan fingerprint density at radius 2 is 0.594 bits per heavy atom. The average Bonchev–Trinajstić information content (AvgIpc) is 3.36.